The van der Waals surface area contributed by atoms with Gasteiger partial charge >= 0.3 is 12.1 Å². The van der Waals surface area contributed by atoms with Crippen LogP contribution in [0.5, 0.6) is 0 Å². The molecule has 0 atom stereocenters. The van der Waals surface area contributed by atoms with Crippen LogP contribution in [0.15, 0.2) is 53.1 Å². The van der Waals surface area contributed by atoms with Crippen molar-refractivity contribution in [1.82, 2.24) is 10.1 Å². The average Bonchev–Trinajstić information content (AvgIpc) is 3.12. The monoisotopic (exact) mass is 405 g/mol. The molecule has 150 valence electrons. The van der Waals surface area contributed by atoms with Gasteiger partial charge in [0.1, 0.15) is 0 Å². The van der Waals surface area contributed by atoms with Crippen LogP contribution in [0.2, 0.25) is 0 Å². The molecule has 1 N–H and O–H groups in total. The van der Waals surface area contributed by atoms with Gasteiger partial charge in [0.15, 0.2) is 12.4 Å². The summed E-state index contributed by atoms with van der Waals surface area (Å²) in [6.07, 6.45) is -4.53. The van der Waals surface area contributed by atoms with Crippen molar-refractivity contribution >= 4 is 17.6 Å². The lowest BCUT2D eigenvalue weighted by molar-refractivity contribution is -0.137. The molecule has 0 unspecified atom stereocenters. The molecular formula is C19H14F3N3O4. The maximum absolute atomic E-state index is 12.7. The zero-order valence-electron chi connectivity index (χ0n) is 15.0. The van der Waals surface area contributed by atoms with Crippen LogP contribution in [-0.2, 0) is 15.7 Å². The third-order valence-corrected chi connectivity index (χ3v) is 3.70. The summed E-state index contributed by atoms with van der Waals surface area (Å²) in [5.74, 6) is -0.772. The predicted octanol–water partition coefficient (Wildman–Crippen LogP) is 3.86. The van der Waals surface area contributed by atoms with E-state index in [4.69, 9.17) is 9.26 Å². The van der Waals surface area contributed by atoms with Crippen molar-refractivity contribution in [1.29, 1.82) is 0 Å². The molecule has 0 aliphatic carbocycles. The SMILES string of the molecule is Cc1noc(-c2ccc(C(=O)OCC(=O)Nc3cccc(C(F)(F)F)c3)cc2)n1. The Kier molecular flexibility index (Phi) is 5.62. The molecule has 3 aromatic rings. The van der Waals surface area contributed by atoms with Crippen LogP contribution in [0.25, 0.3) is 11.5 Å². The number of nitrogens with one attached hydrogen (secondary N) is 1. The maximum Gasteiger partial charge on any atom is 0.416 e. The van der Waals surface area contributed by atoms with Crippen LogP contribution in [0.4, 0.5) is 18.9 Å². The number of hydrogen-bond donors (Lipinski definition) is 1. The van der Waals surface area contributed by atoms with Crippen LogP contribution in [-0.4, -0.2) is 28.6 Å². The van der Waals surface area contributed by atoms with E-state index < -0.39 is 30.2 Å². The van der Waals surface area contributed by atoms with Crippen molar-refractivity contribution in [2.75, 3.05) is 11.9 Å². The molecule has 1 amide bonds. The number of ether oxygens (including phenoxy) is 1. The Morgan fingerprint density at radius 2 is 1.86 bits per heavy atom. The fourth-order valence-electron chi connectivity index (χ4n) is 2.35. The molecule has 0 fully saturated rings. The molecular weight excluding hydrogens is 391 g/mol. The topological polar surface area (TPSA) is 94.3 Å². The fraction of sp³-hybridized carbons (Fsp3) is 0.158. The van der Waals surface area contributed by atoms with Gasteiger partial charge in [-0.15, -0.1) is 0 Å². The van der Waals surface area contributed by atoms with Gasteiger partial charge in [-0.1, -0.05) is 11.2 Å². The normalized spacial score (nSPS) is 11.2. The molecule has 0 spiro atoms. The molecule has 29 heavy (non-hydrogen) atoms. The van der Waals surface area contributed by atoms with Crippen molar-refractivity contribution in [2.45, 2.75) is 13.1 Å². The number of anilines is 1. The van der Waals surface area contributed by atoms with Crippen molar-refractivity contribution in [3.8, 4) is 11.5 Å². The van der Waals surface area contributed by atoms with Gasteiger partial charge in [-0.25, -0.2) is 4.79 Å². The summed E-state index contributed by atoms with van der Waals surface area (Å²) in [4.78, 5) is 27.9. The predicted molar refractivity (Wildman–Crippen MR) is 94.8 cm³/mol. The highest BCUT2D eigenvalue weighted by molar-refractivity contribution is 5.95. The van der Waals surface area contributed by atoms with E-state index in [0.29, 0.717) is 17.3 Å². The first-order valence-corrected chi connectivity index (χ1v) is 8.27. The quantitative estimate of drug-likeness (QED) is 0.648. The molecule has 2 aromatic carbocycles. The molecule has 0 bridgehead atoms. The van der Waals surface area contributed by atoms with E-state index >= 15 is 0 Å². The minimum atomic E-state index is -4.53. The van der Waals surface area contributed by atoms with Crippen LogP contribution in [0.1, 0.15) is 21.7 Å². The zero-order valence-corrected chi connectivity index (χ0v) is 15.0. The van der Waals surface area contributed by atoms with Crippen molar-refractivity contribution in [3.05, 3.63) is 65.5 Å². The van der Waals surface area contributed by atoms with Gasteiger partial charge in [0.2, 0.25) is 0 Å². The number of amides is 1. The number of halogens is 3. The van der Waals surface area contributed by atoms with Crippen LogP contribution >= 0.6 is 0 Å². The number of benzene rings is 2. The first-order chi connectivity index (χ1) is 13.7. The smallest absolute Gasteiger partial charge is 0.416 e. The molecule has 1 heterocycles. The largest absolute Gasteiger partial charge is 0.452 e. The summed E-state index contributed by atoms with van der Waals surface area (Å²) in [6, 6.07) is 10.2. The van der Waals surface area contributed by atoms with Gasteiger partial charge < -0.3 is 14.6 Å². The number of aromatic nitrogens is 2. The van der Waals surface area contributed by atoms with Crippen molar-refractivity contribution in [3.63, 3.8) is 0 Å². The molecule has 0 aliphatic heterocycles. The number of rotatable bonds is 5. The number of hydrogen-bond acceptors (Lipinski definition) is 6. The second-order valence-corrected chi connectivity index (χ2v) is 5.93. The molecule has 0 saturated heterocycles. The van der Waals surface area contributed by atoms with Gasteiger partial charge in [0, 0.05) is 11.3 Å². The highest BCUT2D eigenvalue weighted by Gasteiger charge is 2.30. The van der Waals surface area contributed by atoms with Gasteiger partial charge in [0.05, 0.1) is 11.1 Å². The molecule has 7 nitrogen and oxygen atoms in total. The Hall–Kier alpha value is -3.69. The summed E-state index contributed by atoms with van der Waals surface area (Å²) in [6.45, 7) is 1.02. The minimum Gasteiger partial charge on any atom is -0.452 e. The van der Waals surface area contributed by atoms with Crippen LogP contribution < -0.4 is 5.32 Å². The zero-order chi connectivity index (χ0) is 21.0. The minimum absolute atomic E-state index is 0.0555. The van der Waals surface area contributed by atoms with Gasteiger partial charge in [-0.05, 0) is 49.4 Å². The summed E-state index contributed by atoms with van der Waals surface area (Å²) in [5.41, 5.74) is -0.176. The lowest BCUT2D eigenvalue weighted by Gasteiger charge is -2.10. The van der Waals surface area contributed by atoms with Crippen LogP contribution in [0, 0.1) is 6.92 Å². The summed E-state index contributed by atoms with van der Waals surface area (Å²) < 4.78 is 48.0. The van der Waals surface area contributed by atoms with Gasteiger partial charge in [-0.3, -0.25) is 4.79 Å². The van der Waals surface area contributed by atoms with E-state index in [9.17, 15) is 22.8 Å². The van der Waals surface area contributed by atoms with Crippen molar-refractivity contribution in [2.24, 2.45) is 0 Å². The number of carbonyl (C=O) groups excluding carboxylic acids is 2. The Morgan fingerprint density at radius 1 is 1.14 bits per heavy atom. The second kappa shape index (κ2) is 8.13. The number of carbonyl (C=O) groups is 2. The molecule has 0 radical (unpaired) electrons. The number of nitrogens with zero attached hydrogens (tertiary/aromatic N) is 2. The Balaban J connectivity index is 1.56. The molecule has 0 aliphatic rings. The Bertz CT molecular complexity index is 1030. The van der Waals surface area contributed by atoms with E-state index in [-0.39, 0.29) is 11.3 Å². The fourth-order valence-corrected chi connectivity index (χ4v) is 2.35. The van der Waals surface area contributed by atoms with Gasteiger partial charge in [0.25, 0.3) is 11.8 Å². The lowest BCUT2D eigenvalue weighted by atomic mass is 10.1. The van der Waals surface area contributed by atoms with E-state index in [1.54, 1.807) is 19.1 Å². The maximum atomic E-state index is 12.7. The first kappa shape index (κ1) is 20.1. The summed E-state index contributed by atoms with van der Waals surface area (Å²) in [7, 11) is 0. The van der Waals surface area contributed by atoms with E-state index in [1.807, 2.05) is 0 Å². The van der Waals surface area contributed by atoms with Crippen molar-refractivity contribution < 1.29 is 32.0 Å². The third-order valence-electron chi connectivity index (χ3n) is 3.70. The third kappa shape index (κ3) is 5.18. The van der Waals surface area contributed by atoms with E-state index in [1.165, 1.54) is 18.2 Å². The lowest BCUT2D eigenvalue weighted by Crippen LogP contribution is -2.21. The number of esters is 1. The highest BCUT2D eigenvalue weighted by atomic mass is 19.4. The number of aryl methyl sites for hydroxylation is 1. The molecule has 10 heteroatoms. The van der Waals surface area contributed by atoms with Gasteiger partial charge in [-0.2, -0.15) is 18.2 Å². The summed E-state index contributed by atoms with van der Waals surface area (Å²) >= 11 is 0. The first-order valence-electron chi connectivity index (χ1n) is 8.27. The molecule has 1 aromatic heterocycles. The average molecular weight is 405 g/mol. The Morgan fingerprint density at radius 3 is 2.48 bits per heavy atom. The van der Waals surface area contributed by atoms with Crippen LogP contribution in [0.3, 0.4) is 0 Å². The Labute approximate surface area is 162 Å². The van der Waals surface area contributed by atoms with E-state index in [0.717, 1.165) is 18.2 Å². The van der Waals surface area contributed by atoms with E-state index in [2.05, 4.69) is 15.5 Å². The molecule has 3 rings (SSSR count). The number of alkyl halides is 3. The highest BCUT2D eigenvalue weighted by Crippen LogP contribution is 2.30. The standard InChI is InChI=1S/C19H14F3N3O4/c1-11-23-17(29-25-11)12-5-7-13(8-6-12)18(27)28-10-16(26)24-15-4-2-3-14(9-15)19(20,21)22/h2-9H,10H2,1H3,(H,24,26). The molecule has 0 saturated carbocycles. The second-order valence-electron chi connectivity index (χ2n) is 5.93. The summed E-state index contributed by atoms with van der Waals surface area (Å²) in [5, 5.41) is 5.92.